The van der Waals surface area contributed by atoms with Crippen LogP contribution < -0.4 is 4.90 Å². The monoisotopic (exact) mass is 278 g/mol. The van der Waals surface area contributed by atoms with E-state index in [1.807, 2.05) is 73.7 Å². The number of pyridine rings is 1. The molecular weight excluding hydrogens is 260 g/mol. The second-order valence-corrected chi connectivity index (χ2v) is 5.34. The van der Waals surface area contributed by atoms with Crippen molar-refractivity contribution in [3.8, 4) is 0 Å². The molecule has 0 aliphatic heterocycles. The molecule has 0 aliphatic rings. The summed E-state index contributed by atoms with van der Waals surface area (Å²) >= 11 is 0. The molecule has 21 heavy (non-hydrogen) atoms. The highest BCUT2D eigenvalue weighted by molar-refractivity contribution is 5.85. The number of hydrogen-bond donors (Lipinski definition) is 1. The van der Waals surface area contributed by atoms with Crippen molar-refractivity contribution in [2.75, 3.05) is 19.0 Å². The number of aromatic nitrogens is 1. The van der Waals surface area contributed by atoms with Gasteiger partial charge in [0.05, 0.1) is 0 Å². The molecule has 1 atom stereocenters. The minimum absolute atomic E-state index is 0.643. The van der Waals surface area contributed by atoms with Gasteiger partial charge in [-0.2, -0.15) is 0 Å². The van der Waals surface area contributed by atoms with Crippen molar-refractivity contribution in [2.45, 2.75) is 6.10 Å². The van der Waals surface area contributed by atoms with Crippen molar-refractivity contribution in [3.05, 3.63) is 72.1 Å². The largest absolute Gasteiger partial charge is 0.384 e. The van der Waals surface area contributed by atoms with Gasteiger partial charge in [0.2, 0.25) is 0 Å². The van der Waals surface area contributed by atoms with Crippen LogP contribution >= 0.6 is 0 Å². The Morgan fingerprint density at radius 2 is 1.86 bits per heavy atom. The van der Waals surface area contributed by atoms with Gasteiger partial charge < -0.3 is 10.0 Å². The van der Waals surface area contributed by atoms with E-state index in [-0.39, 0.29) is 0 Å². The molecule has 106 valence electrons. The van der Waals surface area contributed by atoms with Crippen LogP contribution in [-0.4, -0.2) is 24.2 Å². The maximum Gasteiger partial charge on any atom is 0.105 e. The first-order chi connectivity index (χ1) is 10.2. The number of nitrogens with zero attached hydrogens (tertiary/aromatic N) is 2. The topological polar surface area (TPSA) is 36.4 Å². The first-order valence-electron chi connectivity index (χ1n) is 6.95. The third-order valence-electron chi connectivity index (χ3n) is 3.71. The van der Waals surface area contributed by atoms with E-state index < -0.39 is 6.10 Å². The lowest BCUT2D eigenvalue weighted by atomic mass is 9.96. The molecule has 1 heterocycles. The molecule has 0 bridgehead atoms. The zero-order valence-corrected chi connectivity index (χ0v) is 12.2. The molecule has 0 saturated carbocycles. The Hall–Kier alpha value is -2.39. The molecule has 3 rings (SSSR count). The maximum absolute atomic E-state index is 10.8. The predicted octanol–water partition coefficient (Wildman–Crippen LogP) is 3.38. The molecule has 0 spiro atoms. The zero-order valence-electron chi connectivity index (χ0n) is 12.2. The molecule has 1 aromatic heterocycles. The van der Waals surface area contributed by atoms with Crippen LogP contribution in [0.5, 0.6) is 0 Å². The first kappa shape index (κ1) is 13.6. The summed E-state index contributed by atoms with van der Waals surface area (Å²) in [6, 6.07) is 15.9. The predicted molar refractivity (Wildman–Crippen MR) is 86.6 cm³/mol. The number of fused-ring (bicyclic) bond motifs is 1. The van der Waals surface area contributed by atoms with Gasteiger partial charge in [-0.1, -0.05) is 30.3 Å². The average molecular weight is 278 g/mol. The van der Waals surface area contributed by atoms with Crippen molar-refractivity contribution < 1.29 is 5.11 Å². The highest BCUT2D eigenvalue weighted by atomic mass is 16.3. The third kappa shape index (κ3) is 2.60. The highest BCUT2D eigenvalue weighted by Gasteiger charge is 2.14. The summed E-state index contributed by atoms with van der Waals surface area (Å²) in [5.41, 5.74) is 2.88. The van der Waals surface area contributed by atoms with Crippen molar-refractivity contribution >= 4 is 16.5 Å². The fourth-order valence-electron chi connectivity index (χ4n) is 2.54. The number of aliphatic hydroxyl groups is 1. The summed E-state index contributed by atoms with van der Waals surface area (Å²) in [5.74, 6) is 0. The Bertz CT molecular complexity index is 763. The van der Waals surface area contributed by atoms with Crippen LogP contribution in [0, 0.1) is 0 Å². The number of hydrogen-bond acceptors (Lipinski definition) is 3. The van der Waals surface area contributed by atoms with E-state index in [0.29, 0.717) is 0 Å². The Morgan fingerprint density at radius 3 is 2.67 bits per heavy atom. The standard InChI is InChI=1S/C18H18N2O/c1-20(2)15-7-3-5-13(11-15)18(21)17-8-4-6-14-12-19-10-9-16(14)17/h3-12,18,21H,1-2H3. The molecule has 0 fully saturated rings. The van der Waals surface area contributed by atoms with Crippen LogP contribution in [0.2, 0.25) is 0 Å². The van der Waals surface area contributed by atoms with Crippen LogP contribution in [0.3, 0.4) is 0 Å². The summed E-state index contributed by atoms with van der Waals surface area (Å²) in [4.78, 5) is 6.17. The molecule has 1 N–H and O–H groups in total. The van der Waals surface area contributed by atoms with Crippen LogP contribution in [-0.2, 0) is 0 Å². The molecule has 0 saturated heterocycles. The summed E-state index contributed by atoms with van der Waals surface area (Å²) < 4.78 is 0. The summed E-state index contributed by atoms with van der Waals surface area (Å²) in [6.07, 6.45) is 2.94. The molecule has 2 aromatic carbocycles. The SMILES string of the molecule is CN(C)c1cccc(C(O)c2cccc3cnccc23)c1. The van der Waals surface area contributed by atoms with Crippen molar-refractivity contribution in [1.29, 1.82) is 0 Å². The van der Waals surface area contributed by atoms with E-state index in [2.05, 4.69) is 4.98 Å². The third-order valence-corrected chi connectivity index (χ3v) is 3.71. The highest BCUT2D eigenvalue weighted by Crippen LogP contribution is 2.29. The van der Waals surface area contributed by atoms with Crippen molar-refractivity contribution in [1.82, 2.24) is 4.98 Å². The van der Waals surface area contributed by atoms with E-state index in [1.165, 1.54) is 0 Å². The van der Waals surface area contributed by atoms with Crippen LogP contribution in [0.1, 0.15) is 17.2 Å². The Balaban J connectivity index is 2.08. The molecule has 1 unspecified atom stereocenters. The van der Waals surface area contributed by atoms with Crippen LogP contribution in [0.25, 0.3) is 10.8 Å². The van der Waals surface area contributed by atoms with Crippen LogP contribution in [0.15, 0.2) is 60.9 Å². The van der Waals surface area contributed by atoms with Gasteiger partial charge in [0, 0.05) is 37.6 Å². The Morgan fingerprint density at radius 1 is 1.05 bits per heavy atom. The van der Waals surface area contributed by atoms with E-state index in [9.17, 15) is 5.11 Å². The fourth-order valence-corrected chi connectivity index (χ4v) is 2.54. The number of anilines is 1. The second-order valence-electron chi connectivity index (χ2n) is 5.34. The lowest BCUT2D eigenvalue weighted by molar-refractivity contribution is 0.222. The molecule has 3 heteroatoms. The van der Waals surface area contributed by atoms with E-state index in [4.69, 9.17) is 0 Å². The number of rotatable bonds is 3. The van der Waals surface area contributed by atoms with E-state index >= 15 is 0 Å². The second kappa shape index (κ2) is 5.54. The maximum atomic E-state index is 10.8. The average Bonchev–Trinajstić information content (AvgIpc) is 2.53. The molecule has 0 aliphatic carbocycles. The van der Waals surface area contributed by atoms with Gasteiger partial charge in [-0.3, -0.25) is 4.98 Å². The minimum Gasteiger partial charge on any atom is -0.384 e. The van der Waals surface area contributed by atoms with Gasteiger partial charge in [0.25, 0.3) is 0 Å². The minimum atomic E-state index is -0.643. The van der Waals surface area contributed by atoms with Gasteiger partial charge in [-0.25, -0.2) is 0 Å². The van der Waals surface area contributed by atoms with Gasteiger partial charge in [-0.05, 0) is 34.7 Å². The zero-order chi connectivity index (χ0) is 14.8. The van der Waals surface area contributed by atoms with Gasteiger partial charge in [-0.15, -0.1) is 0 Å². The van der Waals surface area contributed by atoms with Gasteiger partial charge >= 0.3 is 0 Å². The summed E-state index contributed by atoms with van der Waals surface area (Å²) in [5, 5.41) is 12.8. The number of benzene rings is 2. The molecule has 0 radical (unpaired) electrons. The molecule has 0 amide bonds. The molecule has 3 aromatic rings. The smallest absolute Gasteiger partial charge is 0.105 e. The van der Waals surface area contributed by atoms with E-state index in [1.54, 1.807) is 6.20 Å². The quantitative estimate of drug-likeness (QED) is 0.798. The molecular formula is C18H18N2O. The fraction of sp³-hybridized carbons (Fsp3) is 0.167. The van der Waals surface area contributed by atoms with Gasteiger partial charge in [0.15, 0.2) is 0 Å². The van der Waals surface area contributed by atoms with E-state index in [0.717, 1.165) is 27.6 Å². The first-order valence-corrected chi connectivity index (χ1v) is 6.95. The lowest BCUT2D eigenvalue weighted by Crippen LogP contribution is -2.09. The van der Waals surface area contributed by atoms with Crippen LogP contribution in [0.4, 0.5) is 5.69 Å². The number of aliphatic hydroxyl groups excluding tert-OH is 1. The lowest BCUT2D eigenvalue weighted by Gasteiger charge is -2.18. The molecule has 3 nitrogen and oxygen atoms in total. The Kier molecular flexibility index (Phi) is 3.59. The van der Waals surface area contributed by atoms with Gasteiger partial charge in [0.1, 0.15) is 6.10 Å². The van der Waals surface area contributed by atoms with Crippen molar-refractivity contribution in [3.63, 3.8) is 0 Å². The normalized spacial score (nSPS) is 12.3. The summed E-state index contributed by atoms with van der Waals surface area (Å²) in [6.45, 7) is 0. The Labute approximate surface area is 124 Å². The summed E-state index contributed by atoms with van der Waals surface area (Å²) in [7, 11) is 3.99. The van der Waals surface area contributed by atoms with Crippen molar-refractivity contribution in [2.24, 2.45) is 0 Å².